The van der Waals surface area contributed by atoms with Gasteiger partial charge >= 0.3 is 5.97 Å². The Bertz CT molecular complexity index is 774. The van der Waals surface area contributed by atoms with Crippen LogP contribution in [-0.4, -0.2) is 26.0 Å². The predicted octanol–water partition coefficient (Wildman–Crippen LogP) is 2.90. The molecule has 0 saturated heterocycles. The Morgan fingerprint density at radius 2 is 1.38 bits per heavy atom. The molecule has 3 aromatic heterocycles. The molecule has 5 heteroatoms. The number of carboxylic acids is 1. The standard InChI is InChI=1S/C16H11N3O2/c20-16(21)13-5-10-19-15(12-3-8-18-9-4-12)14(13)11-1-6-17-7-2-11/h1-10H,(H,20,21). The Kier molecular flexibility index (Phi) is 3.39. The highest BCUT2D eigenvalue weighted by molar-refractivity contribution is 6.00. The molecule has 3 rings (SSSR count). The Labute approximate surface area is 121 Å². The molecule has 21 heavy (non-hydrogen) atoms. The van der Waals surface area contributed by atoms with Crippen LogP contribution in [0, 0.1) is 0 Å². The van der Waals surface area contributed by atoms with E-state index in [0.29, 0.717) is 11.3 Å². The van der Waals surface area contributed by atoms with Crippen LogP contribution in [0.1, 0.15) is 10.4 Å². The van der Waals surface area contributed by atoms with Crippen molar-refractivity contribution < 1.29 is 9.90 Å². The summed E-state index contributed by atoms with van der Waals surface area (Å²) in [6, 6.07) is 8.66. The van der Waals surface area contributed by atoms with Crippen molar-refractivity contribution in [2.24, 2.45) is 0 Å². The van der Waals surface area contributed by atoms with E-state index in [-0.39, 0.29) is 5.56 Å². The quantitative estimate of drug-likeness (QED) is 0.796. The zero-order valence-corrected chi connectivity index (χ0v) is 11.0. The van der Waals surface area contributed by atoms with Crippen LogP contribution in [0.4, 0.5) is 0 Å². The molecular weight excluding hydrogens is 266 g/mol. The third-order valence-corrected chi connectivity index (χ3v) is 3.10. The van der Waals surface area contributed by atoms with Gasteiger partial charge in [0.15, 0.2) is 0 Å². The second-order valence-corrected chi connectivity index (χ2v) is 4.36. The van der Waals surface area contributed by atoms with E-state index in [9.17, 15) is 9.90 Å². The number of aromatic nitrogens is 3. The third-order valence-electron chi connectivity index (χ3n) is 3.10. The first-order valence-electron chi connectivity index (χ1n) is 6.30. The Balaban J connectivity index is 2.31. The molecule has 0 aliphatic heterocycles. The Morgan fingerprint density at radius 3 is 1.95 bits per heavy atom. The molecule has 0 fully saturated rings. The van der Waals surface area contributed by atoms with Crippen molar-refractivity contribution in [1.82, 2.24) is 15.0 Å². The summed E-state index contributed by atoms with van der Waals surface area (Å²) in [6.07, 6.45) is 8.07. The van der Waals surface area contributed by atoms with Gasteiger partial charge in [0.2, 0.25) is 0 Å². The lowest BCUT2D eigenvalue weighted by atomic mass is 9.96. The second kappa shape index (κ2) is 5.50. The fourth-order valence-corrected chi connectivity index (χ4v) is 2.18. The van der Waals surface area contributed by atoms with E-state index in [2.05, 4.69) is 15.0 Å². The summed E-state index contributed by atoms with van der Waals surface area (Å²) < 4.78 is 0. The van der Waals surface area contributed by atoms with Gasteiger partial charge in [-0.3, -0.25) is 15.0 Å². The van der Waals surface area contributed by atoms with E-state index in [0.717, 1.165) is 11.1 Å². The van der Waals surface area contributed by atoms with Crippen molar-refractivity contribution in [3.05, 3.63) is 66.9 Å². The minimum Gasteiger partial charge on any atom is -0.478 e. The smallest absolute Gasteiger partial charge is 0.336 e. The fraction of sp³-hybridized carbons (Fsp3) is 0. The topological polar surface area (TPSA) is 76.0 Å². The number of pyridine rings is 3. The molecular formula is C16H11N3O2. The van der Waals surface area contributed by atoms with Crippen molar-refractivity contribution >= 4 is 5.97 Å². The monoisotopic (exact) mass is 277 g/mol. The number of rotatable bonds is 3. The maximum absolute atomic E-state index is 11.5. The van der Waals surface area contributed by atoms with Crippen molar-refractivity contribution in [1.29, 1.82) is 0 Å². The van der Waals surface area contributed by atoms with Crippen LogP contribution in [0.2, 0.25) is 0 Å². The maximum atomic E-state index is 11.5. The molecule has 0 bridgehead atoms. The van der Waals surface area contributed by atoms with Crippen LogP contribution in [0.25, 0.3) is 22.4 Å². The molecule has 0 spiro atoms. The summed E-state index contributed by atoms with van der Waals surface area (Å²) in [5, 5.41) is 9.44. The fourth-order valence-electron chi connectivity index (χ4n) is 2.18. The Hall–Kier alpha value is -3.08. The summed E-state index contributed by atoms with van der Waals surface area (Å²) in [6.45, 7) is 0. The maximum Gasteiger partial charge on any atom is 0.336 e. The van der Waals surface area contributed by atoms with E-state index >= 15 is 0 Å². The summed E-state index contributed by atoms with van der Waals surface area (Å²) in [5.41, 5.74) is 2.99. The minimum atomic E-state index is -0.987. The molecule has 0 atom stereocenters. The lowest BCUT2D eigenvalue weighted by Crippen LogP contribution is -2.02. The van der Waals surface area contributed by atoms with Crippen molar-refractivity contribution in [2.75, 3.05) is 0 Å². The SMILES string of the molecule is O=C(O)c1ccnc(-c2ccncc2)c1-c1ccncc1. The van der Waals surface area contributed by atoms with E-state index in [1.807, 2.05) is 0 Å². The van der Waals surface area contributed by atoms with E-state index < -0.39 is 5.97 Å². The van der Waals surface area contributed by atoms with Crippen LogP contribution >= 0.6 is 0 Å². The normalized spacial score (nSPS) is 10.3. The molecule has 0 saturated carbocycles. The second-order valence-electron chi connectivity index (χ2n) is 4.36. The largest absolute Gasteiger partial charge is 0.478 e. The van der Waals surface area contributed by atoms with Crippen LogP contribution in [-0.2, 0) is 0 Å². The third kappa shape index (κ3) is 2.49. The molecule has 102 valence electrons. The van der Waals surface area contributed by atoms with Gasteiger partial charge in [-0.25, -0.2) is 4.79 Å². The van der Waals surface area contributed by atoms with Gasteiger partial charge in [0.1, 0.15) is 0 Å². The van der Waals surface area contributed by atoms with Gasteiger partial charge in [-0.15, -0.1) is 0 Å². The van der Waals surface area contributed by atoms with Gasteiger partial charge in [-0.05, 0) is 35.9 Å². The molecule has 0 radical (unpaired) electrons. The van der Waals surface area contributed by atoms with Crippen molar-refractivity contribution in [2.45, 2.75) is 0 Å². The summed E-state index contributed by atoms with van der Waals surface area (Å²) in [5.74, 6) is -0.987. The Morgan fingerprint density at radius 1 is 0.810 bits per heavy atom. The number of carbonyl (C=O) groups is 1. The van der Waals surface area contributed by atoms with Crippen LogP contribution in [0.5, 0.6) is 0 Å². The zero-order valence-electron chi connectivity index (χ0n) is 11.0. The molecule has 1 N–H and O–H groups in total. The number of aromatic carboxylic acids is 1. The van der Waals surface area contributed by atoms with E-state index in [1.165, 1.54) is 12.3 Å². The molecule has 0 unspecified atom stereocenters. The molecule has 5 nitrogen and oxygen atoms in total. The van der Waals surface area contributed by atoms with Gasteiger partial charge in [0.25, 0.3) is 0 Å². The average Bonchev–Trinajstić information content (AvgIpc) is 2.55. The number of hydrogen-bond donors (Lipinski definition) is 1. The van der Waals surface area contributed by atoms with E-state index in [4.69, 9.17) is 0 Å². The highest BCUT2D eigenvalue weighted by atomic mass is 16.4. The van der Waals surface area contributed by atoms with Crippen molar-refractivity contribution in [3.63, 3.8) is 0 Å². The molecule has 0 amide bonds. The van der Waals surface area contributed by atoms with Gasteiger partial charge < -0.3 is 5.11 Å². The first-order chi connectivity index (χ1) is 10.3. The predicted molar refractivity (Wildman–Crippen MR) is 77.7 cm³/mol. The van der Waals surface area contributed by atoms with Crippen LogP contribution in [0.15, 0.2) is 61.3 Å². The highest BCUT2D eigenvalue weighted by Gasteiger charge is 2.17. The van der Waals surface area contributed by atoms with Gasteiger partial charge in [-0.2, -0.15) is 0 Å². The summed E-state index contributed by atoms with van der Waals surface area (Å²) in [4.78, 5) is 23.8. The first kappa shape index (κ1) is 12.9. The zero-order chi connectivity index (χ0) is 14.7. The lowest BCUT2D eigenvalue weighted by molar-refractivity contribution is 0.0697. The lowest BCUT2D eigenvalue weighted by Gasteiger charge is -2.11. The average molecular weight is 277 g/mol. The van der Waals surface area contributed by atoms with Gasteiger partial charge in [0.05, 0.1) is 11.3 Å². The van der Waals surface area contributed by atoms with E-state index in [1.54, 1.807) is 49.1 Å². The number of carboxylic acid groups (broad SMARTS) is 1. The van der Waals surface area contributed by atoms with Crippen LogP contribution in [0.3, 0.4) is 0 Å². The van der Waals surface area contributed by atoms with Gasteiger partial charge in [-0.1, -0.05) is 0 Å². The molecule has 3 heterocycles. The number of nitrogens with zero attached hydrogens (tertiary/aromatic N) is 3. The van der Waals surface area contributed by atoms with Crippen LogP contribution < -0.4 is 0 Å². The summed E-state index contributed by atoms with van der Waals surface area (Å²) in [7, 11) is 0. The molecule has 0 aliphatic rings. The summed E-state index contributed by atoms with van der Waals surface area (Å²) >= 11 is 0. The minimum absolute atomic E-state index is 0.211. The first-order valence-corrected chi connectivity index (χ1v) is 6.30. The van der Waals surface area contributed by atoms with Gasteiger partial charge in [0, 0.05) is 42.1 Å². The molecule has 3 aromatic rings. The molecule has 0 aromatic carbocycles. The molecule has 0 aliphatic carbocycles. The van der Waals surface area contributed by atoms with Crippen molar-refractivity contribution in [3.8, 4) is 22.4 Å². The highest BCUT2D eigenvalue weighted by Crippen LogP contribution is 2.32. The number of hydrogen-bond acceptors (Lipinski definition) is 4.